The van der Waals surface area contributed by atoms with Gasteiger partial charge in [-0.05, 0) is 19.9 Å². The lowest BCUT2D eigenvalue weighted by atomic mass is 10.0. The predicted octanol–water partition coefficient (Wildman–Crippen LogP) is 2.34. The molecule has 14 heavy (non-hydrogen) atoms. The van der Waals surface area contributed by atoms with E-state index in [2.05, 4.69) is 5.32 Å². The van der Waals surface area contributed by atoms with Crippen LogP contribution < -0.4 is 5.32 Å². The predicted molar refractivity (Wildman–Crippen MR) is 49.2 cm³/mol. The van der Waals surface area contributed by atoms with Crippen LogP contribution in [0.2, 0.25) is 0 Å². The van der Waals surface area contributed by atoms with Crippen LogP contribution in [0.4, 0.5) is 13.2 Å². The highest BCUT2D eigenvalue weighted by Crippen LogP contribution is 2.21. The number of ether oxygens (including phenoxy) is 1. The molecule has 0 aromatic heterocycles. The van der Waals surface area contributed by atoms with Crippen molar-refractivity contribution in [2.45, 2.75) is 39.0 Å². The first-order chi connectivity index (χ1) is 6.33. The van der Waals surface area contributed by atoms with Crippen LogP contribution >= 0.6 is 0 Å². The van der Waals surface area contributed by atoms with Gasteiger partial charge >= 0.3 is 6.18 Å². The quantitative estimate of drug-likeness (QED) is 0.731. The van der Waals surface area contributed by atoms with Crippen molar-refractivity contribution in [1.29, 1.82) is 0 Å². The summed E-state index contributed by atoms with van der Waals surface area (Å²) >= 11 is 0. The van der Waals surface area contributed by atoms with E-state index in [0.717, 1.165) is 6.54 Å². The Labute approximate surface area is 82.8 Å². The Morgan fingerprint density at radius 2 is 1.79 bits per heavy atom. The van der Waals surface area contributed by atoms with Gasteiger partial charge in [-0.2, -0.15) is 13.2 Å². The third-order valence-corrected chi connectivity index (χ3v) is 2.08. The maximum absolute atomic E-state index is 11.9. The number of hydrogen-bond acceptors (Lipinski definition) is 2. The summed E-state index contributed by atoms with van der Waals surface area (Å²) in [5, 5.41) is 2.98. The Morgan fingerprint density at radius 1 is 1.21 bits per heavy atom. The zero-order valence-electron chi connectivity index (χ0n) is 8.87. The van der Waals surface area contributed by atoms with Crippen molar-refractivity contribution in [2.75, 3.05) is 19.7 Å². The second-order valence-electron chi connectivity index (χ2n) is 3.49. The van der Waals surface area contributed by atoms with Crippen LogP contribution in [0.3, 0.4) is 0 Å². The lowest BCUT2D eigenvalue weighted by Crippen LogP contribution is -2.42. The van der Waals surface area contributed by atoms with E-state index in [9.17, 15) is 13.2 Å². The fourth-order valence-electron chi connectivity index (χ4n) is 0.924. The molecule has 0 aliphatic heterocycles. The van der Waals surface area contributed by atoms with Gasteiger partial charge in [-0.1, -0.05) is 13.8 Å². The third kappa shape index (κ3) is 6.21. The van der Waals surface area contributed by atoms with Gasteiger partial charge in [-0.25, -0.2) is 0 Å². The Kier molecular flexibility index (Phi) is 5.44. The number of nitrogens with one attached hydrogen (secondary N) is 1. The third-order valence-electron chi connectivity index (χ3n) is 2.08. The van der Waals surface area contributed by atoms with E-state index >= 15 is 0 Å². The van der Waals surface area contributed by atoms with Crippen LogP contribution in [0.15, 0.2) is 0 Å². The molecule has 0 fully saturated rings. The average molecular weight is 213 g/mol. The number of hydrogen-bond donors (Lipinski definition) is 1. The minimum atomic E-state index is -4.25. The highest BCUT2D eigenvalue weighted by molar-refractivity contribution is 4.76. The molecule has 0 saturated heterocycles. The summed E-state index contributed by atoms with van der Waals surface area (Å²) in [6.45, 7) is 5.39. The average Bonchev–Trinajstić information content (AvgIpc) is 2.10. The molecular weight excluding hydrogens is 195 g/mol. The monoisotopic (exact) mass is 213 g/mol. The molecule has 2 nitrogen and oxygen atoms in total. The van der Waals surface area contributed by atoms with Gasteiger partial charge in [0.1, 0.15) is 6.61 Å². The zero-order chi connectivity index (χ0) is 11.2. The second kappa shape index (κ2) is 5.56. The Balaban J connectivity index is 3.98. The van der Waals surface area contributed by atoms with Gasteiger partial charge in [-0.15, -0.1) is 0 Å². The highest BCUT2D eigenvalue weighted by Gasteiger charge is 2.32. The smallest absolute Gasteiger partial charge is 0.365 e. The molecule has 0 rings (SSSR count). The van der Waals surface area contributed by atoms with E-state index in [1.54, 1.807) is 6.92 Å². The second-order valence-corrected chi connectivity index (χ2v) is 3.49. The van der Waals surface area contributed by atoms with Crippen LogP contribution in [-0.2, 0) is 4.74 Å². The minimum absolute atomic E-state index is 0.441. The summed E-state index contributed by atoms with van der Waals surface area (Å²) in [4.78, 5) is 0. The molecule has 0 aliphatic carbocycles. The Hall–Kier alpha value is -0.290. The summed E-state index contributed by atoms with van der Waals surface area (Å²) in [6, 6.07) is 0. The van der Waals surface area contributed by atoms with Crippen LogP contribution in [-0.4, -0.2) is 31.5 Å². The van der Waals surface area contributed by atoms with Gasteiger partial charge in [0.2, 0.25) is 0 Å². The van der Waals surface area contributed by atoms with Crippen LogP contribution in [0.1, 0.15) is 27.2 Å². The van der Waals surface area contributed by atoms with Crippen molar-refractivity contribution < 1.29 is 17.9 Å². The van der Waals surface area contributed by atoms with Crippen LogP contribution in [0, 0.1) is 0 Å². The summed E-state index contributed by atoms with van der Waals surface area (Å²) in [6.07, 6.45) is -3.70. The van der Waals surface area contributed by atoms with Crippen LogP contribution in [0.5, 0.6) is 0 Å². The molecule has 0 bridgehead atoms. The molecule has 1 N–H and O–H groups in total. The zero-order valence-corrected chi connectivity index (χ0v) is 8.87. The van der Waals surface area contributed by atoms with E-state index in [-0.39, 0.29) is 0 Å². The maximum Gasteiger partial charge on any atom is 0.411 e. The number of rotatable bonds is 6. The largest absolute Gasteiger partial charge is 0.411 e. The van der Waals surface area contributed by atoms with Crippen molar-refractivity contribution in [3.8, 4) is 0 Å². The summed E-state index contributed by atoms with van der Waals surface area (Å²) in [7, 11) is 0. The van der Waals surface area contributed by atoms with Gasteiger partial charge in [0.05, 0.1) is 5.60 Å². The highest BCUT2D eigenvalue weighted by atomic mass is 19.4. The Bertz CT molecular complexity index is 161. The molecule has 5 heteroatoms. The molecule has 0 radical (unpaired) electrons. The first-order valence-electron chi connectivity index (χ1n) is 4.74. The number of likely N-dealkylation sites (N-methyl/N-ethyl adjacent to an activating group) is 1. The van der Waals surface area contributed by atoms with Gasteiger partial charge < -0.3 is 10.1 Å². The molecular formula is C9H18F3NO. The fraction of sp³-hybridized carbons (Fsp3) is 1.00. The number of alkyl halides is 3. The van der Waals surface area contributed by atoms with Crippen molar-refractivity contribution in [1.82, 2.24) is 5.32 Å². The van der Waals surface area contributed by atoms with Gasteiger partial charge in [0, 0.05) is 6.54 Å². The molecule has 0 aliphatic rings. The van der Waals surface area contributed by atoms with E-state index in [1.165, 1.54) is 0 Å². The molecule has 0 saturated carbocycles. The van der Waals surface area contributed by atoms with Crippen LogP contribution in [0.25, 0.3) is 0 Å². The molecule has 0 aromatic carbocycles. The van der Waals surface area contributed by atoms with Gasteiger partial charge in [0.15, 0.2) is 0 Å². The molecule has 0 heterocycles. The summed E-state index contributed by atoms with van der Waals surface area (Å²) in [5.41, 5.74) is -0.731. The van der Waals surface area contributed by atoms with Gasteiger partial charge in [0.25, 0.3) is 0 Å². The van der Waals surface area contributed by atoms with Crippen molar-refractivity contribution in [3.05, 3.63) is 0 Å². The molecule has 0 amide bonds. The molecule has 0 spiro atoms. The molecule has 1 unspecified atom stereocenters. The minimum Gasteiger partial charge on any atom is -0.365 e. The number of halogens is 3. The Morgan fingerprint density at radius 3 is 2.14 bits per heavy atom. The first kappa shape index (κ1) is 13.7. The lowest BCUT2D eigenvalue weighted by molar-refractivity contribution is -0.202. The standard InChI is InChI=1S/C9H18F3NO/c1-4-8(3,6-13-5-2)14-7-9(10,11)12/h13H,4-7H2,1-3H3. The summed E-state index contributed by atoms with van der Waals surface area (Å²) < 4.78 is 40.6. The molecule has 0 aromatic rings. The van der Waals surface area contributed by atoms with Crippen molar-refractivity contribution in [2.24, 2.45) is 0 Å². The van der Waals surface area contributed by atoms with Crippen molar-refractivity contribution in [3.63, 3.8) is 0 Å². The van der Waals surface area contributed by atoms with E-state index in [0.29, 0.717) is 13.0 Å². The fourth-order valence-corrected chi connectivity index (χ4v) is 0.924. The molecule has 1 atom stereocenters. The molecule has 86 valence electrons. The van der Waals surface area contributed by atoms with E-state index < -0.39 is 18.4 Å². The summed E-state index contributed by atoms with van der Waals surface area (Å²) in [5.74, 6) is 0. The first-order valence-corrected chi connectivity index (χ1v) is 4.74. The van der Waals surface area contributed by atoms with Gasteiger partial charge in [-0.3, -0.25) is 0 Å². The normalized spacial score (nSPS) is 16.7. The maximum atomic E-state index is 11.9. The topological polar surface area (TPSA) is 21.3 Å². The van der Waals surface area contributed by atoms with E-state index in [1.807, 2.05) is 13.8 Å². The lowest BCUT2D eigenvalue weighted by Gasteiger charge is -2.29. The SMILES string of the molecule is CCNCC(C)(CC)OCC(F)(F)F. The van der Waals surface area contributed by atoms with E-state index in [4.69, 9.17) is 4.74 Å². The van der Waals surface area contributed by atoms with Crippen molar-refractivity contribution >= 4 is 0 Å².